The van der Waals surface area contributed by atoms with Gasteiger partial charge in [-0.05, 0) is 25.3 Å². The second-order valence-electron chi connectivity index (χ2n) is 5.50. The van der Waals surface area contributed by atoms with E-state index in [-0.39, 0.29) is 18.3 Å². The van der Waals surface area contributed by atoms with Gasteiger partial charge in [0.25, 0.3) is 5.69 Å². The maximum absolute atomic E-state index is 11.7. The molecular formula is C18H25NO4. The van der Waals surface area contributed by atoms with Crippen molar-refractivity contribution in [3.63, 3.8) is 0 Å². The monoisotopic (exact) mass is 319 g/mol. The molecule has 0 spiro atoms. The van der Waals surface area contributed by atoms with E-state index in [1.54, 1.807) is 18.2 Å². The molecule has 0 N–H and O–H groups in total. The number of carbonyl (C=O) groups is 1. The van der Waals surface area contributed by atoms with Crippen LogP contribution in [0.1, 0.15) is 56.9 Å². The van der Waals surface area contributed by atoms with E-state index in [4.69, 9.17) is 4.74 Å². The molecule has 0 atom stereocenters. The number of nitro groups is 1. The summed E-state index contributed by atoms with van der Waals surface area (Å²) in [6.45, 7) is 3.65. The Labute approximate surface area is 137 Å². The minimum absolute atomic E-state index is 0.0141. The topological polar surface area (TPSA) is 69.4 Å². The summed E-state index contributed by atoms with van der Waals surface area (Å²) in [4.78, 5) is 22.1. The zero-order valence-electron chi connectivity index (χ0n) is 13.5. The first-order chi connectivity index (χ1) is 11.1. The molecule has 0 aromatic heterocycles. The maximum atomic E-state index is 11.7. The zero-order chi connectivity index (χ0) is 16.9. The molecule has 0 saturated heterocycles. The molecule has 0 aliphatic carbocycles. The number of nitro benzene ring substituents is 1. The van der Waals surface area contributed by atoms with Gasteiger partial charge in [0, 0.05) is 12.5 Å². The molecular weight excluding hydrogens is 294 g/mol. The number of rotatable bonds is 12. The van der Waals surface area contributed by atoms with Gasteiger partial charge in [-0.15, -0.1) is 6.58 Å². The molecule has 0 aliphatic rings. The predicted octanol–water partition coefficient (Wildman–Crippen LogP) is 4.94. The molecule has 5 heteroatoms. The summed E-state index contributed by atoms with van der Waals surface area (Å²) in [7, 11) is 0. The average Bonchev–Trinajstić information content (AvgIpc) is 2.55. The lowest BCUT2D eigenvalue weighted by atomic mass is 10.1. The number of nitrogens with zero attached hydrogens (tertiary/aromatic N) is 1. The Bertz CT molecular complexity index is 513. The molecule has 0 amide bonds. The van der Waals surface area contributed by atoms with Crippen LogP contribution in [0.5, 0.6) is 0 Å². The van der Waals surface area contributed by atoms with Gasteiger partial charge in [-0.25, -0.2) is 0 Å². The third-order valence-corrected chi connectivity index (χ3v) is 3.62. The highest BCUT2D eigenvalue weighted by atomic mass is 16.6. The number of para-hydroxylation sites is 1. The summed E-state index contributed by atoms with van der Waals surface area (Å²) < 4.78 is 5.12. The number of unbranched alkanes of at least 4 members (excludes halogenated alkanes) is 6. The Hall–Kier alpha value is -2.17. The molecule has 1 aromatic carbocycles. The van der Waals surface area contributed by atoms with Crippen molar-refractivity contribution in [1.82, 2.24) is 0 Å². The predicted molar refractivity (Wildman–Crippen MR) is 90.0 cm³/mol. The average molecular weight is 319 g/mol. The quantitative estimate of drug-likeness (QED) is 0.180. The largest absolute Gasteiger partial charge is 0.461 e. The highest BCUT2D eigenvalue weighted by molar-refractivity contribution is 5.69. The molecule has 0 heterocycles. The minimum atomic E-state index is -0.463. The van der Waals surface area contributed by atoms with E-state index in [0.29, 0.717) is 12.0 Å². The Morgan fingerprint density at radius 1 is 1.13 bits per heavy atom. The fourth-order valence-corrected chi connectivity index (χ4v) is 2.31. The van der Waals surface area contributed by atoms with Gasteiger partial charge in [-0.3, -0.25) is 14.9 Å². The van der Waals surface area contributed by atoms with E-state index in [1.807, 2.05) is 6.08 Å². The fraction of sp³-hybridized carbons (Fsp3) is 0.500. The summed E-state index contributed by atoms with van der Waals surface area (Å²) in [5, 5.41) is 10.9. The highest BCUT2D eigenvalue weighted by Gasteiger charge is 2.13. The van der Waals surface area contributed by atoms with E-state index in [2.05, 4.69) is 6.58 Å². The number of carbonyl (C=O) groups excluding carboxylic acids is 1. The van der Waals surface area contributed by atoms with Gasteiger partial charge in [-0.2, -0.15) is 0 Å². The lowest BCUT2D eigenvalue weighted by molar-refractivity contribution is -0.385. The van der Waals surface area contributed by atoms with E-state index in [0.717, 1.165) is 25.7 Å². The molecule has 0 radical (unpaired) electrons. The van der Waals surface area contributed by atoms with Crippen molar-refractivity contribution in [2.24, 2.45) is 0 Å². The van der Waals surface area contributed by atoms with Crippen LogP contribution in [0.15, 0.2) is 36.9 Å². The van der Waals surface area contributed by atoms with E-state index in [9.17, 15) is 14.9 Å². The first-order valence-corrected chi connectivity index (χ1v) is 8.14. The second-order valence-corrected chi connectivity index (χ2v) is 5.50. The summed E-state index contributed by atoms with van der Waals surface area (Å²) >= 11 is 0. The molecule has 0 aliphatic heterocycles. The van der Waals surface area contributed by atoms with Crippen LogP contribution < -0.4 is 0 Å². The van der Waals surface area contributed by atoms with Crippen molar-refractivity contribution in [1.29, 1.82) is 0 Å². The standard InChI is InChI=1S/C18H25NO4/c1-2-3-4-5-6-7-8-9-14-18(20)23-15-16-12-10-11-13-17(16)19(21)22/h2,10-13H,1,3-9,14-15H2. The summed E-state index contributed by atoms with van der Waals surface area (Å²) in [5.41, 5.74) is 0.410. The maximum Gasteiger partial charge on any atom is 0.306 e. The third kappa shape index (κ3) is 8.14. The molecule has 5 nitrogen and oxygen atoms in total. The Balaban J connectivity index is 2.15. The number of hydrogen-bond donors (Lipinski definition) is 0. The summed E-state index contributed by atoms with van der Waals surface area (Å²) in [5.74, 6) is -0.296. The van der Waals surface area contributed by atoms with Crippen LogP contribution in [-0.2, 0) is 16.1 Å². The number of allylic oxidation sites excluding steroid dienone is 1. The van der Waals surface area contributed by atoms with Gasteiger partial charge < -0.3 is 4.74 Å². The zero-order valence-corrected chi connectivity index (χ0v) is 13.5. The van der Waals surface area contributed by atoms with Crippen molar-refractivity contribution in [3.8, 4) is 0 Å². The number of hydrogen-bond acceptors (Lipinski definition) is 4. The number of ether oxygens (including phenoxy) is 1. The van der Waals surface area contributed by atoms with Crippen molar-refractivity contribution in [3.05, 3.63) is 52.6 Å². The van der Waals surface area contributed by atoms with Gasteiger partial charge in [0.15, 0.2) is 0 Å². The highest BCUT2D eigenvalue weighted by Crippen LogP contribution is 2.18. The van der Waals surface area contributed by atoms with Crippen LogP contribution in [0.4, 0.5) is 5.69 Å². The Morgan fingerprint density at radius 2 is 1.78 bits per heavy atom. The van der Waals surface area contributed by atoms with Crippen molar-refractivity contribution in [2.75, 3.05) is 0 Å². The van der Waals surface area contributed by atoms with Crippen molar-refractivity contribution >= 4 is 11.7 Å². The molecule has 0 fully saturated rings. The SMILES string of the molecule is C=CCCCCCCCCC(=O)OCc1ccccc1[N+](=O)[O-]. The van der Waals surface area contributed by atoms with Crippen molar-refractivity contribution < 1.29 is 14.5 Å². The smallest absolute Gasteiger partial charge is 0.306 e. The molecule has 126 valence electrons. The normalized spacial score (nSPS) is 10.3. The molecule has 0 bridgehead atoms. The van der Waals surface area contributed by atoms with E-state index in [1.165, 1.54) is 25.3 Å². The van der Waals surface area contributed by atoms with Crippen LogP contribution >= 0.6 is 0 Å². The first kappa shape index (κ1) is 18.9. The molecule has 0 saturated carbocycles. The summed E-state index contributed by atoms with van der Waals surface area (Å²) in [6, 6.07) is 6.31. The number of benzene rings is 1. The lowest BCUT2D eigenvalue weighted by Crippen LogP contribution is -2.05. The van der Waals surface area contributed by atoms with Gasteiger partial charge in [0.1, 0.15) is 6.61 Å². The minimum Gasteiger partial charge on any atom is -0.461 e. The fourth-order valence-electron chi connectivity index (χ4n) is 2.31. The Kier molecular flexibility index (Phi) is 9.36. The van der Waals surface area contributed by atoms with Crippen LogP contribution in [0.3, 0.4) is 0 Å². The first-order valence-electron chi connectivity index (χ1n) is 8.14. The van der Waals surface area contributed by atoms with E-state index < -0.39 is 4.92 Å². The molecule has 1 rings (SSSR count). The van der Waals surface area contributed by atoms with E-state index >= 15 is 0 Å². The second kappa shape index (κ2) is 11.4. The van der Waals surface area contributed by atoms with Crippen LogP contribution in [0.2, 0.25) is 0 Å². The number of esters is 1. The summed E-state index contributed by atoms with van der Waals surface area (Å²) in [6.07, 6.45) is 9.87. The van der Waals surface area contributed by atoms with Gasteiger partial charge in [-0.1, -0.05) is 43.9 Å². The van der Waals surface area contributed by atoms with Gasteiger partial charge >= 0.3 is 5.97 Å². The van der Waals surface area contributed by atoms with Crippen LogP contribution in [0.25, 0.3) is 0 Å². The van der Waals surface area contributed by atoms with Crippen LogP contribution in [0, 0.1) is 10.1 Å². The van der Waals surface area contributed by atoms with Crippen LogP contribution in [-0.4, -0.2) is 10.9 Å². The molecule has 23 heavy (non-hydrogen) atoms. The third-order valence-electron chi connectivity index (χ3n) is 3.62. The molecule has 0 unspecified atom stereocenters. The van der Waals surface area contributed by atoms with Gasteiger partial charge in [0.2, 0.25) is 0 Å². The van der Waals surface area contributed by atoms with Crippen molar-refractivity contribution in [2.45, 2.75) is 58.0 Å². The molecule has 1 aromatic rings. The Morgan fingerprint density at radius 3 is 2.48 bits per heavy atom. The van der Waals surface area contributed by atoms with Gasteiger partial charge in [0.05, 0.1) is 10.5 Å². The lowest BCUT2D eigenvalue weighted by Gasteiger charge is -2.05.